The average Bonchev–Trinajstić information content (AvgIpc) is 2.40. The molecule has 1 amide bonds. The predicted octanol–water partition coefficient (Wildman–Crippen LogP) is 3.58. The van der Waals surface area contributed by atoms with Crippen LogP contribution in [0.25, 0.3) is 0 Å². The van der Waals surface area contributed by atoms with E-state index in [1.54, 1.807) is 7.11 Å². The smallest absolute Gasteiger partial charge is 0.220 e. The number of ether oxygens (including phenoxy) is 1. The van der Waals surface area contributed by atoms with Crippen molar-refractivity contribution < 1.29 is 9.53 Å². The van der Waals surface area contributed by atoms with E-state index in [4.69, 9.17) is 4.74 Å². The molecule has 0 unspecified atom stereocenters. The van der Waals surface area contributed by atoms with Crippen LogP contribution in [-0.4, -0.2) is 30.1 Å². The van der Waals surface area contributed by atoms with Crippen molar-refractivity contribution in [1.29, 1.82) is 0 Å². The summed E-state index contributed by atoms with van der Waals surface area (Å²) in [6.07, 6.45) is 1.30. The monoisotopic (exact) mass is 309 g/mol. The van der Waals surface area contributed by atoms with Crippen molar-refractivity contribution in [2.24, 2.45) is 0 Å². The zero-order valence-electron chi connectivity index (χ0n) is 13.8. The summed E-state index contributed by atoms with van der Waals surface area (Å²) in [7, 11) is 1.67. The maximum absolute atomic E-state index is 11.8. The van der Waals surface area contributed by atoms with Crippen LogP contribution >= 0.6 is 11.8 Å². The molecule has 1 N–H and O–H groups in total. The summed E-state index contributed by atoms with van der Waals surface area (Å²) in [6, 6.07) is 6.07. The number of benzene rings is 1. The van der Waals surface area contributed by atoms with Crippen LogP contribution in [0.5, 0.6) is 5.75 Å². The Morgan fingerprint density at radius 3 is 2.62 bits per heavy atom. The fourth-order valence-corrected chi connectivity index (χ4v) is 2.81. The van der Waals surface area contributed by atoms with Crippen molar-refractivity contribution in [2.75, 3.05) is 19.4 Å². The number of thioether (sulfide) groups is 1. The maximum atomic E-state index is 11.8. The van der Waals surface area contributed by atoms with Gasteiger partial charge in [-0.25, -0.2) is 0 Å². The highest BCUT2D eigenvalue weighted by Gasteiger charge is 2.10. The molecule has 0 spiro atoms. The predicted molar refractivity (Wildman–Crippen MR) is 91.3 cm³/mol. The van der Waals surface area contributed by atoms with E-state index in [0.717, 1.165) is 30.0 Å². The molecule has 0 fully saturated rings. The molecular weight excluding hydrogens is 282 g/mol. The second kappa shape index (κ2) is 8.32. The molecule has 0 saturated carbocycles. The lowest BCUT2D eigenvalue weighted by molar-refractivity contribution is -0.120. The van der Waals surface area contributed by atoms with Crippen LogP contribution in [0.4, 0.5) is 0 Å². The first-order chi connectivity index (χ1) is 9.81. The molecule has 0 saturated heterocycles. The van der Waals surface area contributed by atoms with Crippen LogP contribution in [0.3, 0.4) is 0 Å². The largest absolute Gasteiger partial charge is 0.496 e. The molecule has 0 heterocycles. The minimum absolute atomic E-state index is 0.123. The van der Waals surface area contributed by atoms with Gasteiger partial charge in [0.05, 0.1) is 7.11 Å². The van der Waals surface area contributed by atoms with Gasteiger partial charge in [0, 0.05) is 23.5 Å². The number of carbonyl (C=O) groups is 1. The number of hydrogen-bond acceptors (Lipinski definition) is 3. The number of carbonyl (C=O) groups excluding carboxylic acids is 1. The SMILES string of the molecule is COc1ccc(CCC(=O)NCCSC(C)(C)C)cc1C. The molecule has 0 bridgehead atoms. The number of hydrogen-bond donors (Lipinski definition) is 1. The summed E-state index contributed by atoms with van der Waals surface area (Å²) in [5.74, 6) is 1.97. The topological polar surface area (TPSA) is 38.3 Å². The molecule has 0 radical (unpaired) electrons. The molecule has 0 aliphatic heterocycles. The van der Waals surface area contributed by atoms with Gasteiger partial charge in [-0.1, -0.05) is 32.9 Å². The minimum Gasteiger partial charge on any atom is -0.496 e. The van der Waals surface area contributed by atoms with Crippen molar-refractivity contribution >= 4 is 17.7 Å². The second-order valence-corrected chi connectivity index (χ2v) is 8.04. The Kier molecular flexibility index (Phi) is 7.09. The van der Waals surface area contributed by atoms with Crippen LogP contribution in [0.1, 0.15) is 38.3 Å². The maximum Gasteiger partial charge on any atom is 0.220 e. The number of aryl methyl sites for hydroxylation is 2. The summed E-state index contributed by atoms with van der Waals surface area (Å²) in [6.45, 7) is 9.32. The van der Waals surface area contributed by atoms with Crippen molar-refractivity contribution in [1.82, 2.24) is 5.32 Å². The molecule has 0 aliphatic rings. The van der Waals surface area contributed by atoms with Gasteiger partial charge in [0.25, 0.3) is 0 Å². The van der Waals surface area contributed by atoms with E-state index in [2.05, 4.69) is 32.2 Å². The molecule has 0 atom stereocenters. The summed E-state index contributed by atoms with van der Waals surface area (Å²) in [5, 5.41) is 2.98. The normalized spacial score (nSPS) is 11.3. The third kappa shape index (κ3) is 7.42. The van der Waals surface area contributed by atoms with E-state index >= 15 is 0 Å². The van der Waals surface area contributed by atoms with Crippen LogP contribution < -0.4 is 10.1 Å². The summed E-state index contributed by atoms with van der Waals surface area (Å²) in [5.41, 5.74) is 2.28. The van der Waals surface area contributed by atoms with Gasteiger partial charge in [-0.15, -0.1) is 0 Å². The van der Waals surface area contributed by atoms with E-state index in [0.29, 0.717) is 6.42 Å². The first-order valence-corrected chi connectivity index (χ1v) is 8.34. The lowest BCUT2D eigenvalue weighted by atomic mass is 10.1. The highest BCUT2D eigenvalue weighted by atomic mass is 32.2. The third-order valence-electron chi connectivity index (χ3n) is 3.06. The zero-order valence-corrected chi connectivity index (χ0v) is 14.6. The standard InChI is InChI=1S/C17H27NO2S/c1-13-12-14(6-8-15(13)20-5)7-9-16(19)18-10-11-21-17(2,3)4/h6,8,12H,7,9-11H2,1-5H3,(H,18,19). The Labute approximate surface area is 132 Å². The van der Waals surface area contributed by atoms with E-state index in [-0.39, 0.29) is 10.7 Å². The zero-order chi connectivity index (χ0) is 15.9. The summed E-state index contributed by atoms with van der Waals surface area (Å²) >= 11 is 1.87. The quantitative estimate of drug-likeness (QED) is 0.782. The van der Waals surface area contributed by atoms with Gasteiger partial charge in [-0.05, 0) is 30.5 Å². The molecule has 1 rings (SSSR count). The molecule has 1 aromatic rings. The van der Waals surface area contributed by atoms with E-state index in [9.17, 15) is 4.79 Å². The lowest BCUT2D eigenvalue weighted by Gasteiger charge is -2.17. The van der Waals surface area contributed by atoms with Crippen LogP contribution in [0.2, 0.25) is 0 Å². The van der Waals surface area contributed by atoms with Crippen molar-refractivity contribution in [2.45, 2.75) is 45.3 Å². The van der Waals surface area contributed by atoms with E-state index in [1.807, 2.05) is 30.8 Å². The molecule has 1 aromatic carbocycles. The van der Waals surface area contributed by atoms with Crippen molar-refractivity contribution in [3.8, 4) is 5.75 Å². The van der Waals surface area contributed by atoms with Crippen LogP contribution in [-0.2, 0) is 11.2 Å². The molecule has 118 valence electrons. The Morgan fingerprint density at radius 1 is 1.33 bits per heavy atom. The van der Waals surface area contributed by atoms with Gasteiger partial charge in [0.15, 0.2) is 0 Å². The Balaban J connectivity index is 2.28. The summed E-state index contributed by atoms with van der Waals surface area (Å²) in [4.78, 5) is 11.8. The fourth-order valence-electron chi connectivity index (χ4n) is 1.99. The molecular formula is C17H27NO2S. The Morgan fingerprint density at radius 2 is 2.05 bits per heavy atom. The lowest BCUT2D eigenvalue weighted by Crippen LogP contribution is -2.27. The van der Waals surface area contributed by atoms with Crippen LogP contribution in [0.15, 0.2) is 18.2 Å². The van der Waals surface area contributed by atoms with Gasteiger partial charge in [-0.2, -0.15) is 11.8 Å². The van der Waals surface area contributed by atoms with Gasteiger partial charge < -0.3 is 10.1 Å². The van der Waals surface area contributed by atoms with E-state index < -0.39 is 0 Å². The van der Waals surface area contributed by atoms with E-state index in [1.165, 1.54) is 5.56 Å². The first-order valence-electron chi connectivity index (χ1n) is 7.36. The molecule has 0 aliphatic carbocycles. The van der Waals surface area contributed by atoms with Gasteiger partial charge in [-0.3, -0.25) is 4.79 Å². The van der Waals surface area contributed by atoms with Crippen molar-refractivity contribution in [3.05, 3.63) is 29.3 Å². The third-order valence-corrected chi connectivity index (χ3v) is 4.33. The van der Waals surface area contributed by atoms with Crippen molar-refractivity contribution in [3.63, 3.8) is 0 Å². The number of nitrogens with one attached hydrogen (secondary N) is 1. The minimum atomic E-state index is 0.123. The van der Waals surface area contributed by atoms with Gasteiger partial charge in [0.1, 0.15) is 5.75 Å². The molecule has 0 aromatic heterocycles. The van der Waals surface area contributed by atoms with Crippen LogP contribution in [0, 0.1) is 6.92 Å². The highest BCUT2D eigenvalue weighted by molar-refractivity contribution is 8.00. The number of rotatable bonds is 7. The number of methoxy groups -OCH3 is 1. The Hall–Kier alpha value is -1.16. The fraction of sp³-hybridized carbons (Fsp3) is 0.588. The molecule has 21 heavy (non-hydrogen) atoms. The molecule has 4 heteroatoms. The number of amides is 1. The molecule has 3 nitrogen and oxygen atoms in total. The average molecular weight is 309 g/mol. The van der Waals surface area contributed by atoms with Gasteiger partial charge >= 0.3 is 0 Å². The second-order valence-electron chi connectivity index (χ2n) is 6.11. The highest BCUT2D eigenvalue weighted by Crippen LogP contribution is 2.22. The summed E-state index contributed by atoms with van der Waals surface area (Å²) < 4.78 is 5.49. The van der Waals surface area contributed by atoms with Gasteiger partial charge in [0.2, 0.25) is 5.91 Å². The first kappa shape index (κ1) is 17.9. The Bertz CT molecular complexity index is 466.